The van der Waals surface area contributed by atoms with Gasteiger partial charge in [-0.1, -0.05) is 36.4 Å². The van der Waals surface area contributed by atoms with E-state index in [0.29, 0.717) is 16.5 Å². The van der Waals surface area contributed by atoms with Crippen molar-refractivity contribution in [2.24, 2.45) is 0 Å². The minimum atomic E-state index is -0.706. The van der Waals surface area contributed by atoms with Crippen LogP contribution in [-0.2, 0) is 4.79 Å². The van der Waals surface area contributed by atoms with Crippen LogP contribution in [0.1, 0.15) is 20.7 Å². The molecule has 0 fully saturated rings. The Morgan fingerprint density at radius 3 is 2.14 bits per heavy atom. The molecular formula is C20H13N3O5. The topological polar surface area (TPSA) is 110 Å². The summed E-state index contributed by atoms with van der Waals surface area (Å²) in [7, 11) is 0. The number of nitrogens with zero attached hydrogens (tertiary/aromatic N) is 2. The first-order valence-corrected chi connectivity index (χ1v) is 8.38. The number of hydrogen-bond donors (Lipinski definition) is 1. The molecule has 4 rings (SSSR count). The predicted octanol–water partition coefficient (Wildman–Crippen LogP) is 2.98. The lowest BCUT2D eigenvalue weighted by molar-refractivity contribution is -0.383. The Hall–Kier alpha value is -4.07. The van der Waals surface area contributed by atoms with Crippen molar-refractivity contribution in [3.8, 4) is 0 Å². The van der Waals surface area contributed by atoms with E-state index in [0.717, 1.165) is 10.3 Å². The van der Waals surface area contributed by atoms with Crippen LogP contribution in [0.15, 0.2) is 60.7 Å². The second-order valence-corrected chi connectivity index (χ2v) is 6.23. The van der Waals surface area contributed by atoms with Gasteiger partial charge >= 0.3 is 0 Å². The van der Waals surface area contributed by atoms with E-state index in [4.69, 9.17) is 0 Å². The molecule has 1 aliphatic rings. The van der Waals surface area contributed by atoms with Crippen LogP contribution in [0.3, 0.4) is 0 Å². The molecule has 3 aromatic carbocycles. The summed E-state index contributed by atoms with van der Waals surface area (Å²) in [5.74, 6) is -1.86. The SMILES string of the molecule is O=C(CN1C(=O)c2cccc3cccc(c23)C1=O)Nc1ccccc1[N+](=O)[O-]. The average Bonchev–Trinajstić information content (AvgIpc) is 2.69. The molecule has 3 aromatic rings. The van der Waals surface area contributed by atoms with E-state index in [1.807, 2.05) is 0 Å². The molecule has 1 heterocycles. The maximum absolute atomic E-state index is 12.8. The summed E-state index contributed by atoms with van der Waals surface area (Å²) in [6, 6.07) is 15.9. The standard InChI is InChI=1S/C20H13N3O5/c24-17(21-15-9-1-2-10-16(15)23(27)28)11-22-19(25)13-7-3-5-12-6-4-8-14(18(12)13)20(22)26/h1-10H,11H2,(H,21,24). The summed E-state index contributed by atoms with van der Waals surface area (Å²) in [6.45, 7) is -0.547. The van der Waals surface area contributed by atoms with Gasteiger partial charge in [0.1, 0.15) is 12.2 Å². The van der Waals surface area contributed by atoms with Crippen molar-refractivity contribution in [3.63, 3.8) is 0 Å². The summed E-state index contributed by atoms with van der Waals surface area (Å²) < 4.78 is 0. The zero-order chi connectivity index (χ0) is 19.8. The van der Waals surface area contributed by atoms with Gasteiger partial charge in [-0.05, 0) is 23.6 Å². The number of hydrogen-bond acceptors (Lipinski definition) is 5. The number of nitrogens with one attached hydrogen (secondary N) is 1. The molecule has 8 heteroatoms. The van der Waals surface area contributed by atoms with Gasteiger partial charge in [-0.25, -0.2) is 0 Å². The second kappa shape index (κ2) is 6.58. The minimum absolute atomic E-state index is 0.00286. The molecule has 0 radical (unpaired) electrons. The number of amides is 3. The van der Waals surface area contributed by atoms with Gasteiger partial charge in [-0.2, -0.15) is 0 Å². The highest BCUT2D eigenvalue weighted by Gasteiger charge is 2.34. The highest BCUT2D eigenvalue weighted by Crippen LogP contribution is 2.30. The second-order valence-electron chi connectivity index (χ2n) is 6.23. The monoisotopic (exact) mass is 375 g/mol. The van der Waals surface area contributed by atoms with Crippen LogP contribution in [0, 0.1) is 10.1 Å². The molecule has 1 N–H and O–H groups in total. The van der Waals surface area contributed by atoms with E-state index in [-0.39, 0.29) is 11.4 Å². The normalized spacial score (nSPS) is 12.9. The number of nitro benzene ring substituents is 1. The van der Waals surface area contributed by atoms with E-state index in [9.17, 15) is 24.5 Å². The largest absolute Gasteiger partial charge is 0.319 e. The fraction of sp³-hybridized carbons (Fsp3) is 0.0500. The Morgan fingerprint density at radius 1 is 0.929 bits per heavy atom. The molecule has 0 unspecified atom stereocenters. The van der Waals surface area contributed by atoms with Gasteiger partial charge in [0.25, 0.3) is 17.5 Å². The Balaban J connectivity index is 1.63. The molecule has 0 aromatic heterocycles. The lowest BCUT2D eigenvalue weighted by Gasteiger charge is -2.26. The number of anilines is 1. The number of para-hydroxylation sites is 2. The van der Waals surface area contributed by atoms with Gasteiger partial charge in [-0.15, -0.1) is 0 Å². The number of nitro groups is 1. The van der Waals surface area contributed by atoms with Crippen molar-refractivity contribution >= 4 is 39.9 Å². The predicted molar refractivity (Wildman–Crippen MR) is 101 cm³/mol. The van der Waals surface area contributed by atoms with E-state index < -0.39 is 29.2 Å². The molecule has 8 nitrogen and oxygen atoms in total. The zero-order valence-corrected chi connectivity index (χ0v) is 14.4. The van der Waals surface area contributed by atoms with E-state index in [1.165, 1.54) is 24.3 Å². The van der Waals surface area contributed by atoms with Crippen LogP contribution in [0.5, 0.6) is 0 Å². The highest BCUT2D eigenvalue weighted by molar-refractivity contribution is 6.26. The van der Waals surface area contributed by atoms with Crippen LogP contribution >= 0.6 is 0 Å². The van der Waals surface area contributed by atoms with Crippen LogP contribution in [-0.4, -0.2) is 34.1 Å². The number of carbonyl (C=O) groups is 3. The Bertz CT molecular complexity index is 1120. The molecule has 3 amide bonds. The highest BCUT2D eigenvalue weighted by atomic mass is 16.6. The summed E-state index contributed by atoms with van der Waals surface area (Å²) >= 11 is 0. The molecule has 1 aliphatic heterocycles. The van der Waals surface area contributed by atoms with E-state index >= 15 is 0 Å². The Kier molecular flexibility index (Phi) is 4.08. The molecule has 0 atom stereocenters. The summed E-state index contributed by atoms with van der Waals surface area (Å²) in [5.41, 5.74) is 0.400. The average molecular weight is 375 g/mol. The van der Waals surface area contributed by atoms with Gasteiger partial charge in [0.2, 0.25) is 5.91 Å². The molecule has 0 saturated carbocycles. The molecule has 138 valence electrons. The fourth-order valence-electron chi connectivity index (χ4n) is 3.30. The van der Waals surface area contributed by atoms with Gasteiger partial charge in [-0.3, -0.25) is 29.4 Å². The molecule has 0 spiro atoms. The summed E-state index contributed by atoms with van der Waals surface area (Å²) in [5, 5.41) is 14.8. The number of rotatable bonds is 4. The maximum Gasteiger partial charge on any atom is 0.292 e. The van der Waals surface area contributed by atoms with E-state index in [1.54, 1.807) is 36.4 Å². The first kappa shape index (κ1) is 17.3. The van der Waals surface area contributed by atoms with Crippen molar-refractivity contribution in [3.05, 3.63) is 81.9 Å². The van der Waals surface area contributed by atoms with Crippen LogP contribution < -0.4 is 5.32 Å². The fourth-order valence-corrected chi connectivity index (χ4v) is 3.30. The number of carbonyl (C=O) groups excluding carboxylic acids is 3. The van der Waals surface area contributed by atoms with Crippen molar-refractivity contribution in [2.75, 3.05) is 11.9 Å². The zero-order valence-electron chi connectivity index (χ0n) is 14.4. The Labute approximate surface area is 158 Å². The third-order valence-electron chi connectivity index (χ3n) is 4.53. The van der Waals surface area contributed by atoms with Gasteiger partial charge in [0, 0.05) is 22.6 Å². The molecule has 0 saturated heterocycles. The quantitative estimate of drug-likeness (QED) is 0.428. The molecular weight excluding hydrogens is 362 g/mol. The molecule has 0 aliphatic carbocycles. The van der Waals surface area contributed by atoms with Crippen LogP contribution in [0.4, 0.5) is 11.4 Å². The smallest absolute Gasteiger partial charge is 0.292 e. The molecule has 0 bridgehead atoms. The lowest BCUT2D eigenvalue weighted by atomic mass is 9.94. The van der Waals surface area contributed by atoms with Gasteiger partial charge in [0.15, 0.2) is 0 Å². The van der Waals surface area contributed by atoms with Crippen LogP contribution in [0.25, 0.3) is 10.8 Å². The van der Waals surface area contributed by atoms with Crippen LogP contribution in [0.2, 0.25) is 0 Å². The van der Waals surface area contributed by atoms with E-state index in [2.05, 4.69) is 5.32 Å². The first-order valence-electron chi connectivity index (χ1n) is 8.38. The molecule has 28 heavy (non-hydrogen) atoms. The maximum atomic E-state index is 12.8. The number of imide groups is 1. The first-order chi connectivity index (χ1) is 13.5. The van der Waals surface area contributed by atoms with Crippen molar-refractivity contribution in [2.45, 2.75) is 0 Å². The Morgan fingerprint density at radius 2 is 1.54 bits per heavy atom. The van der Waals surface area contributed by atoms with Crippen molar-refractivity contribution in [1.82, 2.24) is 4.90 Å². The summed E-state index contributed by atoms with van der Waals surface area (Å²) in [6.07, 6.45) is 0. The van der Waals surface area contributed by atoms with Crippen molar-refractivity contribution in [1.29, 1.82) is 0 Å². The third-order valence-corrected chi connectivity index (χ3v) is 4.53. The minimum Gasteiger partial charge on any atom is -0.319 e. The third kappa shape index (κ3) is 2.77. The lowest BCUT2D eigenvalue weighted by Crippen LogP contribution is -2.44. The number of benzene rings is 3. The van der Waals surface area contributed by atoms with Gasteiger partial charge < -0.3 is 5.32 Å². The van der Waals surface area contributed by atoms with Crippen molar-refractivity contribution < 1.29 is 19.3 Å². The summed E-state index contributed by atoms with van der Waals surface area (Å²) in [4.78, 5) is 49.3. The van der Waals surface area contributed by atoms with Gasteiger partial charge in [0.05, 0.1) is 4.92 Å².